The lowest BCUT2D eigenvalue weighted by Gasteiger charge is -2.25. The van der Waals surface area contributed by atoms with Gasteiger partial charge in [0.25, 0.3) is 5.91 Å². The number of hydrogen-bond acceptors (Lipinski definition) is 6. The van der Waals surface area contributed by atoms with Crippen LogP contribution in [0.1, 0.15) is 52.5 Å². The summed E-state index contributed by atoms with van der Waals surface area (Å²) < 4.78 is 5.67. The third kappa shape index (κ3) is 3.89. The van der Waals surface area contributed by atoms with Crippen molar-refractivity contribution in [1.29, 1.82) is 0 Å². The van der Waals surface area contributed by atoms with Crippen molar-refractivity contribution in [1.82, 2.24) is 15.4 Å². The fourth-order valence-corrected chi connectivity index (χ4v) is 4.37. The number of nitrogens with one attached hydrogen (secondary N) is 1. The highest BCUT2D eigenvalue weighted by atomic mass is 16.5. The number of aliphatic hydroxyl groups is 1. The Kier molecular flexibility index (Phi) is 6.04. The van der Waals surface area contributed by atoms with Gasteiger partial charge in [0.2, 0.25) is 0 Å². The number of aromatic hydroxyl groups is 1. The van der Waals surface area contributed by atoms with E-state index in [0.29, 0.717) is 22.5 Å². The summed E-state index contributed by atoms with van der Waals surface area (Å²) in [6.45, 7) is 5.72. The molecule has 1 amide bonds. The maximum absolute atomic E-state index is 12.6. The molecule has 0 aliphatic carbocycles. The maximum atomic E-state index is 12.6. The molecule has 7 nitrogen and oxygen atoms in total. The van der Waals surface area contributed by atoms with Crippen LogP contribution >= 0.6 is 0 Å². The third-order valence-corrected chi connectivity index (χ3v) is 6.13. The lowest BCUT2D eigenvalue weighted by atomic mass is 9.90. The first-order chi connectivity index (χ1) is 15.3. The first kappa shape index (κ1) is 22.0. The van der Waals surface area contributed by atoms with Crippen LogP contribution in [0.3, 0.4) is 0 Å². The van der Waals surface area contributed by atoms with Crippen molar-refractivity contribution < 1.29 is 19.5 Å². The predicted molar refractivity (Wildman–Crippen MR) is 122 cm³/mol. The zero-order chi connectivity index (χ0) is 23.0. The number of phenolic OH excluding ortho intramolecular Hbond substituents is 1. The smallest absolute Gasteiger partial charge is 0.273 e. The van der Waals surface area contributed by atoms with Gasteiger partial charge < -0.3 is 25.0 Å². The summed E-state index contributed by atoms with van der Waals surface area (Å²) in [6, 6.07) is 9.52. The number of phenols is 1. The van der Waals surface area contributed by atoms with Gasteiger partial charge in [-0.15, -0.1) is 0 Å². The lowest BCUT2D eigenvalue weighted by molar-refractivity contribution is 0.0955. The molecular weight excluding hydrogens is 406 g/mol. The van der Waals surface area contributed by atoms with Crippen LogP contribution in [0.4, 0.5) is 0 Å². The Hall–Kier alpha value is -3.16. The van der Waals surface area contributed by atoms with Crippen LogP contribution in [0, 0.1) is 0 Å². The molecule has 1 aliphatic heterocycles. The third-order valence-electron chi connectivity index (χ3n) is 6.13. The van der Waals surface area contributed by atoms with Gasteiger partial charge in [0, 0.05) is 20.1 Å². The van der Waals surface area contributed by atoms with Crippen LogP contribution in [0.25, 0.3) is 22.5 Å². The van der Waals surface area contributed by atoms with Crippen molar-refractivity contribution in [2.24, 2.45) is 0 Å². The Morgan fingerprint density at radius 1 is 1.25 bits per heavy atom. The van der Waals surface area contributed by atoms with Crippen LogP contribution in [0.5, 0.6) is 5.75 Å². The quantitative estimate of drug-likeness (QED) is 0.566. The van der Waals surface area contributed by atoms with Gasteiger partial charge in [-0.1, -0.05) is 37.2 Å². The summed E-state index contributed by atoms with van der Waals surface area (Å²) in [7, 11) is 3.65. The average Bonchev–Trinajstić information content (AvgIpc) is 3.22. The Morgan fingerprint density at radius 3 is 2.72 bits per heavy atom. The fraction of sp³-hybridized carbons (Fsp3) is 0.360. The van der Waals surface area contributed by atoms with E-state index >= 15 is 0 Å². The number of carbonyl (C=O) groups is 1. The zero-order valence-corrected chi connectivity index (χ0v) is 18.9. The van der Waals surface area contributed by atoms with E-state index in [0.717, 1.165) is 30.6 Å². The average molecular weight is 436 g/mol. The van der Waals surface area contributed by atoms with Gasteiger partial charge in [-0.2, -0.15) is 0 Å². The number of nitrogens with zero attached hydrogens (tertiary/aromatic N) is 2. The van der Waals surface area contributed by atoms with Crippen molar-refractivity contribution in [3.8, 4) is 28.2 Å². The van der Waals surface area contributed by atoms with E-state index in [1.54, 1.807) is 13.1 Å². The zero-order valence-electron chi connectivity index (χ0n) is 18.9. The molecule has 0 unspecified atom stereocenters. The first-order valence-corrected chi connectivity index (χ1v) is 10.8. The van der Waals surface area contributed by atoms with E-state index in [9.17, 15) is 15.0 Å². The molecule has 32 heavy (non-hydrogen) atoms. The molecule has 168 valence electrons. The highest BCUT2D eigenvalue weighted by molar-refractivity contribution is 6.02. The molecule has 1 aliphatic rings. The SMILES string of the molecule is CNC(=O)c1noc(-c2cc(C(C)C)c(CO)cc2O)c1-c1ccc2c(c1)CCN(C)C2. The second kappa shape index (κ2) is 8.76. The summed E-state index contributed by atoms with van der Waals surface area (Å²) in [4.78, 5) is 14.9. The summed E-state index contributed by atoms with van der Waals surface area (Å²) in [6.07, 6.45) is 0.920. The minimum atomic E-state index is -0.358. The Balaban J connectivity index is 1.92. The summed E-state index contributed by atoms with van der Waals surface area (Å²) in [5.74, 6) is 0.0734. The number of likely N-dealkylation sites (N-methyl/N-ethyl adjacent to an activating group) is 1. The molecule has 2 heterocycles. The number of amides is 1. The van der Waals surface area contributed by atoms with Crippen LogP contribution < -0.4 is 5.32 Å². The molecule has 0 saturated heterocycles. The summed E-state index contributed by atoms with van der Waals surface area (Å²) >= 11 is 0. The number of benzene rings is 2. The Labute approximate surface area is 187 Å². The standard InChI is InChI=1S/C25H29N3O4/c1-14(2)19-11-20(21(30)10-18(19)13-29)24-22(23(27-32-24)25(31)26-3)16-5-6-17-12-28(4)8-7-15(17)9-16/h5-6,9-11,14,29-30H,7-8,12-13H2,1-4H3,(H,26,31). The molecule has 0 fully saturated rings. The molecule has 1 aromatic heterocycles. The van der Waals surface area contributed by atoms with E-state index in [4.69, 9.17) is 4.52 Å². The van der Waals surface area contributed by atoms with Gasteiger partial charge in [-0.05, 0) is 59.3 Å². The highest BCUT2D eigenvalue weighted by Gasteiger charge is 2.27. The van der Waals surface area contributed by atoms with Crippen LogP contribution in [-0.2, 0) is 19.6 Å². The van der Waals surface area contributed by atoms with Gasteiger partial charge in [0.1, 0.15) is 5.75 Å². The Morgan fingerprint density at radius 2 is 2.03 bits per heavy atom. The second-order valence-electron chi connectivity index (χ2n) is 8.67. The molecule has 0 spiro atoms. The largest absolute Gasteiger partial charge is 0.507 e. The molecule has 3 N–H and O–H groups in total. The number of carbonyl (C=O) groups excluding carboxylic acids is 1. The molecule has 4 rings (SSSR count). The number of hydrogen-bond donors (Lipinski definition) is 3. The van der Waals surface area contributed by atoms with E-state index < -0.39 is 0 Å². The van der Waals surface area contributed by atoms with Crippen LogP contribution in [0.15, 0.2) is 34.9 Å². The van der Waals surface area contributed by atoms with Crippen LogP contribution in [-0.4, -0.2) is 46.8 Å². The van der Waals surface area contributed by atoms with Crippen molar-refractivity contribution in [3.63, 3.8) is 0 Å². The molecule has 0 atom stereocenters. The maximum Gasteiger partial charge on any atom is 0.273 e. The minimum Gasteiger partial charge on any atom is -0.507 e. The monoisotopic (exact) mass is 435 g/mol. The number of aliphatic hydroxyl groups excluding tert-OH is 1. The number of rotatable bonds is 5. The van der Waals surface area contributed by atoms with Crippen molar-refractivity contribution >= 4 is 5.91 Å². The minimum absolute atomic E-state index is 0.0288. The van der Waals surface area contributed by atoms with Crippen LogP contribution in [0.2, 0.25) is 0 Å². The van der Waals surface area contributed by atoms with E-state index in [1.165, 1.54) is 11.1 Å². The van der Waals surface area contributed by atoms with Gasteiger partial charge >= 0.3 is 0 Å². The molecule has 0 radical (unpaired) electrons. The Bertz CT molecular complexity index is 1170. The molecule has 0 saturated carbocycles. The highest BCUT2D eigenvalue weighted by Crippen LogP contribution is 2.42. The fourth-order valence-electron chi connectivity index (χ4n) is 4.37. The molecule has 2 aromatic carbocycles. The van der Waals surface area contributed by atoms with Gasteiger partial charge in [0.05, 0.1) is 17.7 Å². The van der Waals surface area contributed by atoms with Crippen molar-refractivity contribution in [2.45, 2.75) is 39.3 Å². The lowest BCUT2D eigenvalue weighted by Crippen LogP contribution is -2.26. The molecule has 0 bridgehead atoms. The summed E-state index contributed by atoms with van der Waals surface area (Å²) in [5.41, 5.74) is 6.04. The second-order valence-corrected chi connectivity index (χ2v) is 8.67. The molecule has 7 heteroatoms. The number of aromatic nitrogens is 1. The van der Waals surface area contributed by atoms with Gasteiger partial charge in [-0.25, -0.2) is 0 Å². The predicted octanol–water partition coefficient (Wildman–Crippen LogP) is 3.68. The van der Waals surface area contributed by atoms with E-state index in [1.807, 2.05) is 26.0 Å². The van der Waals surface area contributed by atoms with Crippen molar-refractivity contribution in [2.75, 3.05) is 20.6 Å². The molecule has 3 aromatic rings. The molecular formula is C25H29N3O4. The van der Waals surface area contributed by atoms with Crippen molar-refractivity contribution in [3.05, 3.63) is 58.3 Å². The van der Waals surface area contributed by atoms with E-state index in [-0.39, 0.29) is 29.9 Å². The van der Waals surface area contributed by atoms with Gasteiger partial charge in [-0.3, -0.25) is 4.79 Å². The summed E-state index contributed by atoms with van der Waals surface area (Å²) in [5, 5.41) is 27.2. The topological polar surface area (TPSA) is 98.8 Å². The van der Waals surface area contributed by atoms with E-state index in [2.05, 4.69) is 34.6 Å². The normalized spacial score (nSPS) is 13.9. The number of fused-ring (bicyclic) bond motifs is 1. The van der Waals surface area contributed by atoms with Gasteiger partial charge in [0.15, 0.2) is 11.5 Å². The first-order valence-electron chi connectivity index (χ1n) is 10.8.